The molecule has 2 heterocycles. The van der Waals surface area contributed by atoms with Gasteiger partial charge < -0.3 is 10.6 Å². The molecule has 0 spiro atoms. The Balaban J connectivity index is 1.58. The second kappa shape index (κ2) is 6.66. The van der Waals surface area contributed by atoms with Crippen molar-refractivity contribution < 1.29 is 9.59 Å². The third kappa shape index (κ3) is 3.41. The predicted octanol–water partition coefficient (Wildman–Crippen LogP) is 2.11. The van der Waals surface area contributed by atoms with Crippen molar-refractivity contribution in [2.75, 3.05) is 18.8 Å². The van der Waals surface area contributed by atoms with Gasteiger partial charge in [0.1, 0.15) is 0 Å². The summed E-state index contributed by atoms with van der Waals surface area (Å²) < 4.78 is 2.03. The quantitative estimate of drug-likeness (QED) is 0.868. The van der Waals surface area contributed by atoms with Gasteiger partial charge >= 0.3 is 0 Å². The average molecular weight is 335 g/mol. The number of thiazole rings is 1. The van der Waals surface area contributed by atoms with Crippen LogP contribution in [0.15, 0.2) is 28.6 Å². The molecule has 1 aliphatic rings. The highest BCUT2D eigenvalue weighted by Crippen LogP contribution is 2.29. The summed E-state index contributed by atoms with van der Waals surface area (Å²) in [4.78, 5) is 29.8. The number of benzene rings is 1. The summed E-state index contributed by atoms with van der Waals surface area (Å²) in [7, 11) is 0. The Morgan fingerprint density at radius 3 is 3.00 bits per heavy atom. The molecular formula is C15H17N3O2S2. The maximum absolute atomic E-state index is 12.3. The van der Waals surface area contributed by atoms with Gasteiger partial charge in [-0.15, -0.1) is 11.3 Å². The van der Waals surface area contributed by atoms with Crippen LogP contribution in [0, 0.1) is 5.92 Å². The number of carbonyl (C=O) groups excluding carboxylic acids is 2. The standard InChI is InChI=1S/C15H17N3O2S2/c16-14(20)10-4-3-7-18(8-10)13(19)9-21-15-17-11-5-1-2-6-12(11)22-15/h1-2,5-6,10H,3-4,7-9H2,(H2,16,20)/t10-/m1/s1. The van der Waals surface area contributed by atoms with E-state index < -0.39 is 0 Å². The third-order valence-electron chi connectivity index (χ3n) is 3.77. The van der Waals surface area contributed by atoms with Crippen molar-refractivity contribution in [2.24, 2.45) is 11.7 Å². The van der Waals surface area contributed by atoms with E-state index in [0.717, 1.165) is 27.4 Å². The zero-order valence-electron chi connectivity index (χ0n) is 12.0. The van der Waals surface area contributed by atoms with Gasteiger partial charge in [0.2, 0.25) is 11.8 Å². The largest absolute Gasteiger partial charge is 0.369 e. The van der Waals surface area contributed by atoms with Gasteiger partial charge in [0.25, 0.3) is 0 Å². The summed E-state index contributed by atoms with van der Waals surface area (Å²) in [6, 6.07) is 7.94. The number of likely N-dealkylation sites (tertiary alicyclic amines) is 1. The lowest BCUT2D eigenvalue weighted by atomic mass is 9.97. The van der Waals surface area contributed by atoms with Gasteiger partial charge in [0.05, 0.1) is 21.9 Å². The number of amides is 2. The molecule has 1 fully saturated rings. The molecule has 1 atom stereocenters. The van der Waals surface area contributed by atoms with Crippen molar-refractivity contribution in [3.8, 4) is 0 Å². The first-order valence-electron chi connectivity index (χ1n) is 7.19. The third-order valence-corrected chi connectivity index (χ3v) is 5.93. The summed E-state index contributed by atoms with van der Waals surface area (Å²) in [6.07, 6.45) is 1.62. The highest BCUT2D eigenvalue weighted by molar-refractivity contribution is 8.01. The molecule has 2 aromatic rings. The molecular weight excluding hydrogens is 318 g/mol. The van der Waals surface area contributed by atoms with Crippen LogP contribution in [-0.4, -0.2) is 40.5 Å². The minimum Gasteiger partial charge on any atom is -0.369 e. The normalized spacial score (nSPS) is 18.5. The first kappa shape index (κ1) is 15.3. The van der Waals surface area contributed by atoms with Crippen molar-refractivity contribution >= 4 is 45.1 Å². The predicted molar refractivity (Wildman–Crippen MR) is 88.8 cm³/mol. The maximum atomic E-state index is 12.3. The zero-order chi connectivity index (χ0) is 15.5. The lowest BCUT2D eigenvalue weighted by Gasteiger charge is -2.31. The topological polar surface area (TPSA) is 76.3 Å². The highest BCUT2D eigenvalue weighted by Gasteiger charge is 2.26. The van der Waals surface area contributed by atoms with E-state index >= 15 is 0 Å². The van der Waals surface area contributed by atoms with Crippen LogP contribution in [0.2, 0.25) is 0 Å². The molecule has 2 amide bonds. The summed E-state index contributed by atoms with van der Waals surface area (Å²) >= 11 is 3.06. The molecule has 2 N–H and O–H groups in total. The van der Waals surface area contributed by atoms with E-state index in [4.69, 9.17) is 5.73 Å². The number of nitrogens with zero attached hydrogens (tertiary/aromatic N) is 2. The number of aromatic nitrogens is 1. The SMILES string of the molecule is NC(=O)[C@@H]1CCCN(C(=O)CSc2nc3ccccc3s2)C1. The molecule has 1 aliphatic heterocycles. The van der Waals surface area contributed by atoms with Crippen molar-refractivity contribution in [2.45, 2.75) is 17.2 Å². The molecule has 116 valence electrons. The van der Waals surface area contributed by atoms with E-state index in [-0.39, 0.29) is 17.7 Å². The smallest absolute Gasteiger partial charge is 0.233 e. The minimum atomic E-state index is -0.309. The van der Waals surface area contributed by atoms with Gasteiger partial charge in [-0.2, -0.15) is 0 Å². The fraction of sp³-hybridized carbons (Fsp3) is 0.400. The molecule has 3 rings (SSSR count). The number of primary amides is 1. The van der Waals surface area contributed by atoms with Gasteiger partial charge in [0.15, 0.2) is 4.34 Å². The molecule has 0 saturated carbocycles. The second-order valence-electron chi connectivity index (χ2n) is 5.32. The minimum absolute atomic E-state index is 0.0511. The van der Waals surface area contributed by atoms with E-state index in [9.17, 15) is 9.59 Å². The van der Waals surface area contributed by atoms with E-state index in [1.165, 1.54) is 11.8 Å². The van der Waals surface area contributed by atoms with Gasteiger partial charge in [0, 0.05) is 13.1 Å². The molecule has 0 radical (unpaired) electrons. The lowest BCUT2D eigenvalue weighted by molar-refractivity contribution is -0.132. The van der Waals surface area contributed by atoms with Gasteiger partial charge in [-0.1, -0.05) is 23.9 Å². The number of rotatable bonds is 4. The Bertz CT molecular complexity index is 668. The number of hydrogen-bond donors (Lipinski definition) is 1. The Morgan fingerprint density at radius 1 is 1.41 bits per heavy atom. The Kier molecular flexibility index (Phi) is 4.63. The van der Waals surface area contributed by atoms with Crippen molar-refractivity contribution in [1.29, 1.82) is 0 Å². The fourth-order valence-electron chi connectivity index (χ4n) is 2.56. The molecule has 1 aromatic heterocycles. The zero-order valence-corrected chi connectivity index (χ0v) is 13.7. The van der Waals surface area contributed by atoms with Crippen LogP contribution >= 0.6 is 23.1 Å². The summed E-state index contributed by atoms with van der Waals surface area (Å²) in [6.45, 7) is 1.16. The first-order valence-corrected chi connectivity index (χ1v) is 8.99. The number of fused-ring (bicyclic) bond motifs is 1. The van der Waals surface area contributed by atoms with E-state index in [2.05, 4.69) is 4.98 Å². The molecule has 0 unspecified atom stereocenters. The number of nitrogens with two attached hydrogens (primary N) is 1. The number of para-hydroxylation sites is 1. The van der Waals surface area contributed by atoms with E-state index in [1.54, 1.807) is 16.2 Å². The summed E-state index contributed by atoms with van der Waals surface area (Å²) in [5, 5.41) is 0. The number of hydrogen-bond acceptors (Lipinski definition) is 5. The van der Waals surface area contributed by atoms with Crippen LogP contribution < -0.4 is 5.73 Å². The Hall–Kier alpha value is -1.60. The molecule has 0 aliphatic carbocycles. The second-order valence-corrected chi connectivity index (χ2v) is 7.57. The molecule has 1 saturated heterocycles. The number of piperidine rings is 1. The van der Waals surface area contributed by atoms with Crippen molar-refractivity contribution in [1.82, 2.24) is 9.88 Å². The van der Waals surface area contributed by atoms with Gasteiger partial charge in [-0.05, 0) is 25.0 Å². The maximum Gasteiger partial charge on any atom is 0.233 e. The summed E-state index contributed by atoms with van der Waals surface area (Å²) in [5.41, 5.74) is 6.31. The van der Waals surface area contributed by atoms with Crippen LogP contribution in [0.3, 0.4) is 0 Å². The fourth-order valence-corrected chi connectivity index (χ4v) is 4.53. The van der Waals surface area contributed by atoms with E-state index in [1.807, 2.05) is 24.3 Å². The average Bonchev–Trinajstić information content (AvgIpc) is 2.95. The highest BCUT2D eigenvalue weighted by atomic mass is 32.2. The van der Waals surface area contributed by atoms with Crippen LogP contribution in [0.1, 0.15) is 12.8 Å². The monoisotopic (exact) mass is 335 g/mol. The van der Waals surface area contributed by atoms with Crippen LogP contribution in [0.25, 0.3) is 10.2 Å². The van der Waals surface area contributed by atoms with Crippen LogP contribution in [0.5, 0.6) is 0 Å². The van der Waals surface area contributed by atoms with E-state index in [0.29, 0.717) is 18.8 Å². The lowest BCUT2D eigenvalue weighted by Crippen LogP contribution is -2.44. The Morgan fingerprint density at radius 2 is 2.23 bits per heavy atom. The van der Waals surface area contributed by atoms with Crippen molar-refractivity contribution in [3.05, 3.63) is 24.3 Å². The van der Waals surface area contributed by atoms with Gasteiger partial charge in [-0.3, -0.25) is 9.59 Å². The number of thioether (sulfide) groups is 1. The van der Waals surface area contributed by atoms with Crippen molar-refractivity contribution in [3.63, 3.8) is 0 Å². The van der Waals surface area contributed by atoms with Crippen LogP contribution in [-0.2, 0) is 9.59 Å². The molecule has 0 bridgehead atoms. The first-order chi connectivity index (χ1) is 10.6. The molecule has 1 aromatic carbocycles. The molecule has 22 heavy (non-hydrogen) atoms. The van der Waals surface area contributed by atoms with Gasteiger partial charge in [-0.25, -0.2) is 4.98 Å². The number of carbonyl (C=O) groups is 2. The summed E-state index contributed by atoms with van der Waals surface area (Å²) in [5.74, 6) is -0.109. The van der Waals surface area contributed by atoms with Crippen LogP contribution in [0.4, 0.5) is 0 Å². The molecule has 5 nitrogen and oxygen atoms in total. The Labute approximate surface area is 136 Å². The molecule has 7 heteroatoms.